The van der Waals surface area contributed by atoms with Gasteiger partial charge in [0.1, 0.15) is 5.75 Å². The van der Waals surface area contributed by atoms with Crippen LogP contribution in [0.3, 0.4) is 0 Å². The Balaban J connectivity index is 2.10. The van der Waals surface area contributed by atoms with Crippen molar-refractivity contribution in [3.63, 3.8) is 0 Å². The molecule has 2 aromatic carbocycles. The molecule has 1 heterocycles. The van der Waals surface area contributed by atoms with Crippen molar-refractivity contribution in [2.75, 3.05) is 12.4 Å². The number of hydrogen-bond donors (Lipinski definition) is 1. The summed E-state index contributed by atoms with van der Waals surface area (Å²) in [6.45, 7) is 3.90. The largest absolute Gasteiger partial charge is 0.497 e. The molecule has 102 valence electrons. The number of fused-ring (bicyclic) bond motifs is 1. The number of anilines is 1. The smallest absolute Gasteiger partial charge is 0.234 e. The Bertz CT molecular complexity index is 689. The highest BCUT2D eigenvalue weighted by molar-refractivity contribution is 6.06. The molecule has 3 rings (SSSR count). The Labute approximate surface area is 118 Å². The molecule has 0 spiro atoms. The van der Waals surface area contributed by atoms with E-state index in [2.05, 4.69) is 11.4 Å². The van der Waals surface area contributed by atoms with Crippen LogP contribution in [-0.4, -0.2) is 13.0 Å². The molecule has 20 heavy (non-hydrogen) atoms. The highest BCUT2D eigenvalue weighted by atomic mass is 16.5. The minimum absolute atomic E-state index is 0.0512. The fourth-order valence-electron chi connectivity index (χ4n) is 2.55. The van der Waals surface area contributed by atoms with Gasteiger partial charge in [-0.2, -0.15) is 0 Å². The van der Waals surface area contributed by atoms with E-state index in [0.717, 1.165) is 28.1 Å². The standard InChI is InChI=1S/C17H17NO2/c1-17(2)14-10-12(7-8-15(14)18-16(17)19)11-5-4-6-13(9-11)20-3/h4-10H,1-3H3,(H,18,19). The Hall–Kier alpha value is -2.29. The molecular formula is C17H17NO2. The van der Waals surface area contributed by atoms with Gasteiger partial charge in [-0.25, -0.2) is 0 Å². The van der Waals surface area contributed by atoms with Gasteiger partial charge >= 0.3 is 0 Å². The lowest BCUT2D eigenvalue weighted by Crippen LogP contribution is -2.26. The van der Waals surface area contributed by atoms with Crippen molar-refractivity contribution in [1.82, 2.24) is 0 Å². The highest BCUT2D eigenvalue weighted by Crippen LogP contribution is 2.39. The van der Waals surface area contributed by atoms with Crippen LogP contribution in [0.5, 0.6) is 5.75 Å². The number of carbonyl (C=O) groups excluding carboxylic acids is 1. The monoisotopic (exact) mass is 267 g/mol. The topological polar surface area (TPSA) is 38.3 Å². The van der Waals surface area contributed by atoms with Crippen LogP contribution in [0.15, 0.2) is 42.5 Å². The lowest BCUT2D eigenvalue weighted by Gasteiger charge is -2.16. The van der Waals surface area contributed by atoms with Gasteiger partial charge in [0.05, 0.1) is 12.5 Å². The van der Waals surface area contributed by atoms with E-state index < -0.39 is 5.41 Å². The average molecular weight is 267 g/mol. The third-order valence-electron chi connectivity index (χ3n) is 3.91. The molecule has 0 atom stereocenters. The third-order valence-corrected chi connectivity index (χ3v) is 3.91. The Morgan fingerprint density at radius 1 is 1.05 bits per heavy atom. The van der Waals surface area contributed by atoms with Crippen molar-refractivity contribution in [1.29, 1.82) is 0 Å². The van der Waals surface area contributed by atoms with Crippen LogP contribution in [0.4, 0.5) is 5.69 Å². The number of ether oxygens (including phenoxy) is 1. The second-order valence-corrected chi connectivity index (χ2v) is 5.57. The summed E-state index contributed by atoms with van der Waals surface area (Å²) >= 11 is 0. The van der Waals surface area contributed by atoms with E-state index in [9.17, 15) is 4.79 Å². The second-order valence-electron chi connectivity index (χ2n) is 5.57. The molecule has 3 heteroatoms. The zero-order valence-electron chi connectivity index (χ0n) is 11.9. The summed E-state index contributed by atoms with van der Waals surface area (Å²) < 4.78 is 5.26. The first-order valence-corrected chi connectivity index (χ1v) is 6.63. The lowest BCUT2D eigenvalue weighted by molar-refractivity contribution is -0.119. The van der Waals surface area contributed by atoms with Crippen molar-refractivity contribution in [2.24, 2.45) is 0 Å². The normalized spacial score (nSPS) is 15.7. The summed E-state index contributed by atoms with van der Waals surface area (Å²) in [5.41, 5.74) is 3.65. The summed E-state index contributed by atoms with van der Waals surface area (Å²) in [5, 5.41) is 2.93. The molecule has 0 fully saturated rings. The van der Waals surface area contributed by atoms with Crippen molar-refractivity contribution >= 4 is 11.6 Å². The molecule has 0 aliphatic carbocycles. The Morgan fingerprint density at radius 3 is 2.55 bits per heavy atom. The highest BCUT2D eigenvalue weighted by Gasteiger charge is 2.38. The van der Waals surface area contributed by atoms with Gasteiger partial charge in [-0.3, -0.25) is 4.79 Å². The molecule has 0 radical (unpaired) electrons. The first-order chi connectivity index (χ1) is 9.52. The third kappa shape index (κ3) is 1.86. The lowest BCUT2D eigenvalue weighted by atomic mass is 9.85. The number of methoxy groups -OCH3 is 1. The van der Waals surface area contributed by atoms with Crippen LogP contribution in [0.1, 0.15) is 19.4 Å². The zero-order chi connectivity index (χ0) is 14.3. The predicted octanol–water partition coefficient (Wildman–Crippen LogP) is 3.59. The van der Waals surface area contributed by atoms with E-state index in [-0.39, 0.29) is 5.91 Å². The van der Waals surface area contributed by atoms with Crippen LogP contribution in [0.25, 0.3) is 11.1 Å². The number of benzene rings is 2. The van der Waals surface area contributed by atoms with E-state index in [1.165, 1.54) is 0 Å². The van der Waals surface area contributed by atoms with E-state index in [4.69, 9.17) is 4.74 Å². The number of nitrogens with one attached hydrogen (secondary N) is 1. The molecule has 0 aromatic heterocycles. The van der Waals surface area contributed by atoms with Gasteiger partial charge in [-0.05, 0) is 54.8 Å². The van der Waals surface area contributed by atoms with Crippen LogP contribution < -0.4 is 10.1 Å². The van der Waals surface area contributed by atoms with E-state index in [0.29, 0.717) is 0 Å². The molecular weight excluding hydrogens is 250 g/mol. The summed E-state index contributed by atoms with van der Waals surface area (Å²) in [6, 6.07) is 14.0. The fraction of sp³-hybridized carbons (Fsp3) is 0.235. The van der Waals surface area contributed by atoms with Crippen LogP contribution in [0.2, 0.25) is 0 Å². The summed E-state index contributed by atoms with van der Waals surface area (Å²) in [7, 11) is 1.66. The molecule has 1 aliphatic heterocycles. The minimum atomic E-state index is -0.482. The van der Waals surface area contributed by atoms with Crippen LogP contribution in [-0.2, 0) is 10.2 Å². The Morgan fingerprint density at radius 2 is 1.80 bits per heavy atom. The maximum Gasteiger partial charge on any atom is 0.234 e. The molecule has 0 saturated carbocycles. The molecule has 2 aromatic rings. The van der Waals surface area contributed by atoms with Gasteiger partial charge in [0, 0.05) is 5.69 Å². The van der Waals surface area contributed by atoms with Gasteiger partial charge < -0.3 is 10.1 Å². The summed E-state index contributed by atoms with van der Waals surface area (Å²) in [4.78, 5) is 12.0. The SMILES string of the molecule is COc1cccc(-c2ccc3c(c2)C(C)(C)C(=O)N3)c1. The number of carbonyl (C=O) groups is 1. The molecule has 3 nitrogen and oxygen atoms in total. The molecule has 1 N–H and O–H groups in total. The van der Waals surface area contributed by atoms with Gasteiger partial charge in [0.25, 0.3) is 0 Å². The van der Waals surface area contributed by atoms with E-state index >= 15 is 0 Å². The molecule has 0 bridgehead atoms. The van der Waals surface area contributed by atoms with Crippen LogP contribution in [0, 0.1) is 0 Å². The minimum Gasteiger partial charge on any atom is -0.497 e. The molecule has 0 saturated heterocycles. The summed E-state index contributed by atoms with van der Waals surface area (Å²) in [5.74, 6) is 0.881. The number of hydrogen-bond acceptors (Lipinski definition) is 2. The first-order valence-electron chi connectivity index (χ1n) is 6.63. The van der Waals surface area contributed by atoms with E-state index in [1.54, 1.807) is 7.11 Å². The van der Waals surface area contributed by atoms with Crippen LogP contribution >= 0.6 is 0 Å². The maximum absolute atomic E-state index is 12.0. The quantitative estimate of drug-likeness (QED) is 0.903. The summed E-state index contributed by atoms with van der Waals surface area (Å²) in [6.07, 6.45) is 0. The van der Waals surface area contributed by atoms with Crippen molar-refractivity contribution in [3.05, 3.63) is 48.0 Å². The van der Waals surface area contributed by atoms with Crippen molar-refractivity contribution in [2.45, 2.75) is 19.3 Å². The number of rotatable bonds is 2. The van der Waals surface area contributed by atoms with Gasteiger partial charge in [0.15, 0.2) is 0 Å². The zero-order valence-corrected chi connectivity index (χ0v) is 11.9. The Kier molecular flexibility index (Phi) is 2.78. The molecule has 1 aliphatic rings. The average Bonchev–Trinajstić information content (AvgIpc) is 2.69. The first kappa shape index (κ1) is 12.7. The van der Waals surface area contributed by atoms with Crippen molar-refractivity contribution < 1.29 is 9.53 Å². The van der Waals surface area contributed by atoms with Crippen molar-refractivity contribution in [3.8, 4) is 16.9 Å². The predicted molar refractivity (Wildman–Crippen MR) is 80.1 cm³/mol. The molecule has 1 amide bonds. The van der Waals surface area contributed by atoms with Gasteiger partial charge in [-0.15, -0.1) is 0 Å². The fourth-order valence-corrected chi connectivity index (χ4v) is 2.55. The van der Waals surface area contributed by atoms with Gasteiger partial charge in [0.2, 0.25) is 5.91 Å². The maximum atomic E-state index is 12.0. The molecule has 0 unspecified atom stereocenters. The van der Waals surface area contributed by atoms with E-state index in [1.807, 2.05) is 50.2 Å². The number of amides is 1. The van der Waals surface area contributed by atoms with Gasteiger partial charge in [-0.1, -0.05) is 18.2 Å². The second kappa shape index (κ2) is 4.37.